The highest BCUT2D eigenvalue weighted by molar-refractivity contribution is 5.98. The van der Waals surface area contributed by atoms with E-state index < -0.39 is 29.7 Å². The zero-order valence-corrected chi connectivity index (χ0v) is 13.3. The summed E-state index contributed by atoms with van der Waals surface area (Å²) < 4.78 is 14.4. The summed E-state index contributed by atoms with van der Waals surface area (Å²) in [4.78, 5) is 36.9. The summed E-state index contributed by atoms with van der Waals surface area (Å²) in [5.74, 6) is -2.94. The molecule has 0 unspecified atom stereocenters. The molecule has 1 fully saturated rings. The van der Waals surface area contributed by atoms with Gasteiger partial charge in [0, 0.05) is 24.7 Å². The number of nitrogens with zero attached hydrogens (tertiary/aromatic N) is 1. The molecule has 1 aromatic rings. The Labute approximate surface area is 138 Å². The average molecular weight is 334 g/mol. The van der Waals surface area contributed by atoms with Gasteiger partial charge in [0.1, 0.15) is 5.82 Å². The van der Waals surface area contributed by atoms with Gasteiger partial charge in [-0.3, -0.25) is 14.4 Å². The normalized spacial score (nSPS) is 23.4. The number of carboxylic acids is 1. The lowest BCUT2D eigenvalue weighted by molar-refractivity contribution is -0.145. The Bertz CT molecular complexity index is 719. The monoisotopic (exact) mass is 334 g/mol. The van der Waals surface area contributed by atoms with Crippen molar-refractivity contribution in [1.82, 2.24) is 4.90 Å². The predicted molar refractivity (Wildman–Crippen MR) is 84.2 cm³/mol. The van der Waals surface area contributed by atoms with E-state index in [1.165, 1.54) is 17.0 Å². The minimum atomic E-state index is -0.936. The van der Waals surface area contributed by atoms with Crippen LogP contribution in [0.3, 0.4) is 0 Å². The van der Waals surface area contributed by atoms with Crippen LogP contribution >= 0.6 is 0 Å². The first-order valence-corrected chi connectivity index (χ1v) is 8.04. The molecule has 2 atom stereocenters. The van der Waals surface area contributed by atoms with Crippen molar-refractivity contribution in [3.63, 3.8) is 0 Å². The number of fused-ring (bicyclic) bond motifs is 1. The van der Waals surface area contributed by atoms with Gasteiger partial charge in [-0.2, -0.15) is 0 Å². The fraction of sp³-hybridized carbons (Fsp3) is 0.471. The standard InChI is InChI=1S/C17H19FN2O4/c1-9-11(17(23)24)3-2-6-20(9)16(22)12-7-10-4-5-15(21)19-14(10)8-13(12)18/h7-9,11H,2-6H2,1H3,(H,19,21)(H,23,24)/t9-,11-/m1/s1. The van der Waals surface area contributed by atoms with E-state index in [9.17, 15) is 23.9 Å². The Morgan fingerprint density at radius 1 is 1.33 bits per heavy atom. The topological polar surface area (TPSA) is 86.7 Å². The largest absolute Gasteiger partial charge is 0.481 e. The Hall–Kier alpha value is -2.44. The van der Waals surface area contributed by atoms with Gasteiger partial charge >= 0.3 is 5.97 Å². The SMILES string of the molecule is C[C@@H]1[C@H](C(=O)O)CCCN1C(=O)c1cc2c(cc1F)NC(=O)CC2. The molecule has 0 spiro atoms. The number of hydrogen-bond donors (Lipinski definition) is 2. The number of carbonyl (C=O) groups is 3. The van der Waals surface area contributed by atoms with E-state index in [0.717, 1.165) is 5.56 Å². The summed E-state index contributed by atoms with van der Waals surface area (Å²) in [7, 11) is 0. The lowest BCUT2D eigenvalue weighted by Crippen LogP contribution is -2.49. The van der Waals surface area contributed by atoms with Crippen LogP contribution in [0.2, 0.25) is 0 Å². The summed E-state index contributed by atoms with van der Waals surface area (Å²) in [5, 5.41) is 11.9. The molecule has 1 saturated heterocycles. The van der Waals surface area contributed by atoms with Gasteiger partial charge in [-0.15, -0.1) is 0 Å². The molecule has 2 aliphatic rings. The molecule has 2 heterocycles. The predicted octanol–water partition coefficient (Wildman–Crippen LogP) is 2.04. The Balaban J connectivity index is 1.90. The van der Waals surface area contributed by atoms with E-state index in [1.807, 2.05) is 0 Å². The highest BCUT2D eigenvalue weighted by Crippen LogP contribution is 2.29. The number of nitrogens with one attached hydrogen (secondary N) is 1. The van der Waals surface area contributed by atoms with Crippen molar-refractivity contribution >= 4 is 23.5 Å². The Morgan fingerprint density at radius 2 is 2.08 bits per heavy atom. The van der Waals surface area contributed by atoms with Gasteiger partial charge in [0.15, 0.2) is 0 Å². The molecule has 0 aromatic heterocycles. The summed E-state index contributed by atoms with van der Waals surface area (Å²) in [5.41, 5.74) is 1.05. The Kier molecular flexibility index (Phi) is 4.26. The maximum absolute atomic E-state index is 14.4. The third-order valence-electron chi connectivity index (χ3n) is 4.88. The highest BCUT2D eigenvalue weighted by Gasteiger charge is 2.36. The number of halogens is 1. The molecule has 24 heavy (non-hydrogen) atoms. The van der Waals surface area contributed by atoms with E-state index in [-0.39, 0.29) is 11.5 Å². The summed E-state index contributed by atoms with van der Waals surface area (Å²) >= 11 is 0. The second kappa shape index (κ2) is 6.22. The third-order valence-corrected chi connectivity index (χ3v) is 4.88. The van der Waals surface area contributed by atoms with Gasteiger partial charge in [0.2, 0.25) is 5.91 Å². The van der Waals surface area contributed by atoms with Crippen LogP contribution in [0.15, 0.2) is 12.1 Å². The number of carboxylic acid groups (broad SMARTS) is 1. The molecule has 3 rings (SSSR count). The molecule has 0 saturated carbocycles. The number of rotatable bonds is 2. The maximum Gasteiger partial charge on any atom is 0.308 e. The molecular weight excluding hydrogens is 315 g/mol. The minimum Gasteiger partial charge on any atom is -0.481 e. The first-order chi connectivity index (χ1) is 11.4. The van der Waals surface area contributed by atoms with E-state index in [0.29, 0.717) is 37.9 Å². The van der Waals surface area contributed by atoms with Crippen molar-refractivity contribution in [2.75, 3.05) is 11.9 Å². The highest BCUT2D eigenvalue weighted by atomic mass is 19.1. The van der Waals surface area contributed by atoms with Crippen molar-refractivity contribution in [2.24, 2.45) is 5.92 Å². The molecule has 7 heteroatoms. The first-order valence-electron chi connectivity index (χ1n) is 8.04. The fourth-order valence-corrected chi connectivity index (χ4v) is 3.48. The molecule has 2 aliphatic heterocycles. The van der Waals surface area contributed by atoms with Gasteiger partial charge in [0.25, 0.3) is 5.91 Å². The number of hydrogen-bond acceptors (Lipinski definition) is 3. The number of benzene rings is 1. The van der Waals surface area contributed by atoms with Gasteiger partial charge in [-0.25, -0.2) is 4.39 Å². The number of anilines is 1. The van der Waals surface area contributed by atoms with Crippen LogP contribution in [0.5, 0.6) is 0 Å². The molecule has 1 aromatic carbocycles. The molecule has 2 N–H and O–H groups in total. The first kappa shape index (κ1) is 16.4. The van der Waals surface area contributed by atoms with E-state index >= 15 is 0 Å². The number of aliphatic carboxylic acids is 1. The van der Waals surface area contributed by atoms with Gasteiger partial charge in [-0.1, -0.05) is 0 Å². The van der Waals surface area contributed by atoms with E-state index in [4.69, 9.17) is 0 Å². The van der Waals surface area contributed by atoms with E-state index in [1.54, 1.807) is 6.92 Å². The fourth-order valence-electron chi connectivity index (χ4n) is 3.48. The summed E-state index contributed by atoms with van der Waals surface area (Å²) in [6.07, 6.45) is 1.84. The van der Waals surface area contributed by atoms with Crippen LogP contribution in [0.1, 0.15) is 42.1 Å². The Morgan fingerprint density at radius 3 is 2.79 bits per heavy atom. The molecule has 128 valence electrons. The summed E-state index contributed by atoms with van der Waals surface area (Å²) in [6, 6.07) is 2.16. The van der Waals surface area contributed by atoms with Crippen LogP contribution < -0.4 is 5.32 Å². The molecule has 0 radical (unpaired) electrons. The number of likely N-dealkylation sites (tertiary alicyclic amines) is 1. The molecule has 0 bridgehead atoms. The maximum atomic E-state index is 14.4. The van der Waals surface area contributed by atoms with Crippen LogP contribution in [0.4, 0.5) is 10.1 Å². The molecule has 0 aliphatic carbocycles. The van der Waals surface area contributed by atoms with E-state index in [2.05, 4.69) is 5.32 Å². The zero-order chi connectivity index (χ0) is 17.4. The quantitative estimate of drug-likeness (QED) is 0.866. The second-order valence-electron chi connectivity index (χ2n) is 6.36. The van der Waals surface area contributed by atoms with Crippen LogP contribution in [0, 0.1) is 11.7 Å². The van der Waals surface area contributed by atoms with Gasteiger partial charge < -0.3 is 15.3 Å². The summed E-state index contributed by atoms with van der Waals surface area (Å²) in [6.45, 7) is 2.10. The smallest absolute Gasteiger partial charge is 0.308 e. The van der Waals surface area contributed by atoms with Crippen molar-refractivity contribution in [3.05, 3.63) is 29.1 Å². The minimum absolute atomic E-state index is 0.0669. The van der Waals surface area contributed by atoms with Crippen molar-refractivity contribution in [2.45, 2.75) is 38.6 Å². The lowest BCUT2D eigenvalue weighted by atomic mass is 9.89. The molecule has 6 nitrogen and oxygen atoms in total. The van der Waals surface area contributed by atoms with Crippen LogP contribution in [0.25, 0.3) is 0 Å². The van der Waals surface area contributed by atoms with Crippen LogP contribution in [-0.4, -0.2) is 40.4 Å². The number of amides is 2. The number of aryl methyl sites for hydroxylation is 1. The van der Waals surface area contributed by atoms with Crippen molar-refractivity contribution in [1.29, 1.82) is 0 Å². The average Bonchev–Trinajstić information content (AvgIpc) is 2.53. The molecule has 2 amide bonds. The van der Waals surface area contributed by atoms with Crippen LogP contribution in [-0.2, 0) is 16.0 Å². The van der Waals surface area contributed by atoms with Crippen molar-refractivity contribution < 1.29 is 23.9 Å². The van der Waals surface area contributed by atoms with Gasteiger partial charge in [0.05, 0.1) is 11.5 Å². The zero-order valence-electron chi connectivity index (χ0n) is 13.3. The van der Waals surface area contributed by atoms with Gasteiger partial charge in [-0.05, 0) is 43.9 Å². The second-order valence-corrected chi connectivity index (χ2v) is 6.36. The number of piperidine rings is 1. The third kappa shape index (κ3) is 2.86. The molecular formula is C17H19FN2O4. The van der Waals surface area contributed by atoms with Crippen molar-refractivity contribution in [3.8, 4) is 0 Å². The lowest BCUT2D eigenvalue weighted by Gasteiger charge is -2.37. The number of carbonyl (C=O) groups excluding carboxylic acids is 2.